The molecule has 0 spiro atoms. The van der Waals surface area contributed by atoms with Gasteiger partial charge in [0.05, 0.1) is 38.9 Å². The summed E-state index contributed by atoms with van der Waals surface area (Å²) in [7, 11) is 0. The van der Waals surface area contributed by atoms with Crippen LogP contribution >= 0.6 is 0 Å². The average Bonchev–Trinajstić information content (AvgIpc) is 3.34. The van der Waals surface area contributed by atoms with E-state index in [1.54, 1.807) is 12.1 Å². The van der Waals surface area contributed by atoms with Crippen LogP contribution in [0.4, 0.5) is 4.79 Å². The van der Waals surface area contributed by atoms with Gasteiger partial charge in [0, 0.05) is 6.54 Å². The molecule has 0 radical (unpaired) electrons. The van der Waals surface area contributed by atoms with Gasteiger partial charge in [-0.05, 0) is 17.7 Å². The molecule has 182 valence electrons. The molecule has 0 aliphatic carbocycles. The Morgan fingerprint density at radius 1 is 1.17 bits per heavy atom. The van der Waals surface area contributed by atoms with Gasteiger partial charge in [-0.1, -0.05) is 36.3 Å². The maximum absolute atomic E-state index is 13.4. The standard InChI is InChI=1S/C24H25N5O6/c1-2-10-27-16-21(30)28-19(12-22(31)32)23(33)26(14-18-9-6-11-35-18)15-20(28)29(27)24(34)25-13-17-7-4-3-5-8-17/h1,3-9,11,19-20H,10,12-16H2,(H,25,34)(H,31,32)/t19-,20-/m0/s1. The number of urea groups is 1. The zero-order chi connectivity index (χ0) is 24.9. The number of benzene rings is 1. The van der Waals surface area contributed by atoms with Gasteiger partial charge in [-0.2, -0.15) is 5.01 Å². The van der Waals surface area contributed by atoms with Crippen molar-refractivity contribution in [3.8, 4) is 12.3 Å². The van der Waals surface area contributed by atoms with Crippen molar-refractivity contribution in [2.45, 2.75) is 31.7 Å². The summed E-state index contributed by atoms with van der Waals surface area (Å²) in [4.78, 5) is 53.9. The third kappa shape index (κ3) is 5.12. The van der Waals surface area contributed by atoms with Gasteiger partial charge in [-0.25, -0.2) is 9.80 Å². The first-order chi connectivity index (χ1) is 16.9. The van der Waals surface area contributed by atoms with Crippen LogP contribution < -0.4 is 5.32 Å². The minimum absolute atomic E-state index is 0.0232. The van der Waals surface area contributed by atoms with Gasteiger partial charge >= 0.3 is 12.0 Å². The number of hydrogen-bond donors (Lipinski definition) is 2. The Balaban J connectivity index is 1.65. The van der Waals surface area contributed by atoms with Gasteiger partial charge in [-0.3, -0.25) is 14.4 Å². The number of carbonyl (C=O) groups excluding carboxylic acids is 3. The third-order valence-corrected chi connectivity index (χ3v) is 5.89. The average molecular weight is 479 g/mol. The monoisotopic (exact) mass is 479 g/mol. The highest BCUT2D eigenvalue weighted by Crippen LogP contribution is 2.29. The molecule has 4 rings (SSSR count). The lowest BCUT2D eigenvalue weighted by molar-refractivity contribution is -0.191. The number of terminal acetylenes is 1. The van der Waals surface area contributed by atoms with Crippen molar-refractivity contribution in [3.63, 3.8) is 0 Å². The van der Waals surface area contributed by atoms with Crippen molar-refractivity contribution in [2.75, 3.05) is 19.6 Å². The Hall–Kier alpha value is -4.30. The quantitative estimate of drug-likeness (QED) is 0.560. The second-order valence-electron chi connectivity index (χ2n) is 8.21. The lowest BCUT2D eigenvalue weighted by atomic mass is 10.0. The maximum Gasteiger partial charge on any atom is 0.334 e. The molecule has 1 aromatic carbocycles. The van der Waals surface area contributed by atoms with Crippen LogP contribution in [-0.4, -0.2) is 80.6 Å². The summed E-state index contributed by atoms with van der Waals surface area (Å²) in [5, 5.41) is 15.1. The van der Waals surface area contributed by atoms with E-state index in [1.165, 1.54) is 26.1 Å². The van der Waals surface area contributed by atoms with Gasteiger partial charge in [0.1, 0.15) is 18.0 Å². The van der Waals surface area contributed by atoms with E-state index in [0.29, 0.717) is 5.76 Å². The van der Waals surface area contributed by atoms with Gasteiger partial charge in [-0.15, -0.1) is 6.42 Å². The number of hydrazine groups is 1. The Bertz CT molecular complexity index is 1130. The highest BCUT2D eigenvalue weighted by atomic mass is 16.4. The second-order valence-corrected chi connectivity index (χ2v) is 8.21. The summed E-state index contributed by atoms with van der Waals surface area (Å²) >= 11 is 0. The van der Waals surface area contributed by atoms with E-state index in [9.17, 15) is 24.3 Å². The van der Waals surface area contributed by atoms with E-state index in [4.69, 9.17) is 10.8 Å². The number of carbonyl (C=O) groups is 4. The molecular weight excluding hydrogens is 454 g/mol. The van der Waals surface area contributed by atoms with Gasteiger partial charge < -0.3 is 24.6 Å². The topological polar surface area (TPSA) is 127 Å². The van der Waals surface area contributed by atoms with Crippen LogP contribution in [-0.2, 0) is 27.5 Å². The third-order valence-electron chi connectivity index (χ3n) is 5.89. The number of furan rings is 1. The largest absolute Gasteiger partial charge is 0.481 e. The number of nitrogens with zero attached hydrogens (tertiary/aromatic N) is 4. The first kappa shape index (κ1) is 23.8. The zero-order valence-electron chi connectivity index (χ0n) is 18.9. The summed E-state index contributed by atoms with van der Waals surface area (Å²) in [6, 6.07) is 10.9. The predicted octanol–water partition coefficient (Wildman–Crippen LogP) is 0.695. The first-order valence-electron chi connectivity index (χ1n) is 11.0. The minimum Gasteiger partial charge on any atom is -0.481 e. The fourth-order valence-electron chi connectivity index (χ4n) is 4.39. The van der Waals surface area contributed by atoms with Crippen LogP contribution in [0.1, 0.15) is 17.7 Å². The molecule has 0 unspecified atom stereocenters. The van der Waals surface area contributed by atoms with Gasteiger partial charge in [0.15, 0.2) is 0 Å². The molecule has 1 aromatic heterocycles. The molecule has 4 amide bonds. The molecule has 11 heteroatoms. The first-order valence-corrected chi connectivity index (χ1v) is 11.0. The normalized spacial score (nSPS) is 20.4. The summed E-state index contributed by atoms with van der Waals surface area (Å²) < 4.78 is 5.36. The van der Waals surface area contributed by atoms with Crippen LogP contribution in [0.15, 0.2) is 53.1 Å². The number of nitrogens with one attached hydrogen (secondary N) is 1. The van der Waals surface area contributed by atoms with E-state index in [-0.39, 0.29) is 32.7 Å². The molecular formula is C24H25N5O6. The highest BCUT2D eigenvalue weighted by molar-refractivity contribution is 5.93. The van der Waals surface area contributed by atoms with Crippen molar-refractivity contribution in [2.24, 2.45) is 0 Å². The lowest BCUT2D eigenvalue weighted by Gasteiger charge is -2.54. The summed E-state index contributed by atoms with van der Waals surface area (Å²) in [5.74, 6) is 0.708. The number of piperazine rings is 1. The van der Waals surface area contributed by atoms with E-state index in [0.717, 1.165) is 5.56 Å². The molecule has 2 atom stereocenters. The van der Waals surface area contributed by atoms with Crippen molar-refractivity contribution < 1.29 is 28.7 Å². The minimum atomic E-state index is -1.27. The molecule has 2 aliphatic rings. The van der Waals surface area contributed by atoms with Crippen molar-refractivity contribution in [3.05, 3.63) is 60.1 Å². The molecule has 2 N–H and O–H groups in total. The van der Waals surface area contributed by atoms with Gasteiger partial charge in [0.25, 0.3) is 0 Å². The lowest BCUT2D eigenvalue weighted by Crippen LogP contribution is -2.76. The Morgan fingerprint density at radius 3 is 2.60 bits per heavy atom. The molecule has 3 heterocycles. The Kier molecular flexibility index (Phi) is 7.03. The molecule has 2 aliphatic heterocycles. The van der Waals surface area contributed by atoms with Crippen LogP contribution in [0.25, 0.3) is 0 Å². The van der Waals surface area contributed by atoms with Crippen LogP contribution in [0.2, 0.25) is 0 Å². The van der Waals surface area contributed by atoms with Crippen LogP contribution in [0.3, 0.4) is 0 Å². The van der Waals surface area contributed by atoms with E-state index in [1.807, 2.05) is 30.3 Å². The summed E-state index contributed by atoms with van der Waals surface area (Å²) in [6.07, 6.45) is 5.43. The number of hydrogen-bond acceptors (Lipinski definition) is 6. The fraction of sp³-hybridized carbons (Fsp3) is 0.333. The van der Waals surface area contributed by atoms with Crippen LogP contribution in [0, 0.1) is 12.3 Å². The van der Waals surface area contributed by atoms with Crippen molar-refractivity contribution in [1.29, 1.82) is 0 Å². The van der Waals surface area contributed by atoms with E-state index >= 15 is 0 Å². The number of aliphatic carboxylic acids is 1. The maximum atomic E-state index is 13.4. The SMILES string of the molecule is C#CCN1CC(=O)N2[C@@H](CC(=O)O)C(=O)N(Cc3ccco3)C[C@@H]2N1C(=O)NCc1ccccc1. The van der Waals surface area contributed by atoms with Crippen molar-refractivity contribution in [1.82, 2.24) is 25.1 Å². The molecule has 11 nitrogen and oxygen atoms in total. The van der Waals surface area contributed by atoms with Gasteiger partial charge in [0.2, 0.25) is 11.8 Å². The molecule has 2 aromatic rings. The molecule has 0 bridgehead atoms. The summed E-state index contributed by atoms with van der Waals surface area (Å²) in [5.41, 5.74) is 0.872. The Morgan fingerprint density at radius 2 is 1.94 bits per heavy atom. The van der Waals surface area contributed by atoms with Crippen molar-refractivity contribution >= 4 is 23.8 Å². The highest BCUT2D eigenvalue weighted by Gasteiger charge is 2.51. The molecule has 2 saturated heterocycles. The number of carboxylic acid groups (broad SMARTS) is 1. The summed E-state index contributed by atoms with van der Waals surface area (Å²) in [6.45, 7) is -0.0315. The number of fused-ring (bicyclic) bond motifs is 1. The number of rotatable bonds is 7. The molecule has 35 heavy (non-hydrogen) atoms. The zero-order valence-corrected chi connectivity index (χ0v) is 18.9. The van der Waals surface area contributed by atoms with E-state index in [2.05, 4.69) is 11.2 Å². The smallest absolute Gasteiger partial charge is 0.334 e. The van der Waals surface area contributed by atoms with Crippen LogP contribution in [0.5, 0.6) is 0 Å². The number of carboxylic acids is 1. The molecule has 2 fully saturated rings. The second kappa shape index (κ2) is 10.3. The molecule has 0 saturated carbocycles. The Labute approximate surface area is 201 Å². The predicted molar refractivity (Wildman–Crippen MR) is 122 cm³/mol. The fourth-order valence-corrected chi connectivity index (χ4v) is 4.39. The number of amides is 4. The van der Waals surface area contributed by atoms with E-state index < -0.39 is 42.4 Å².